The van der Waals surface area contributed by atoms with Crippen LogP contribution in [0, 0.1) is 0 Å². The molecule has 3 aromatic rings. The average molecular weight is 359 g/mol. The highest BCUT2D eigenvalue weighted by molar-refractivity contribution is 7.89. The van der Waals surface area contributed by atoms with Gasteiger partial charge in [-0.25, -0.2) is 13.2 Å². The summed E-state index contributed by atoms with van der Waals surface area (Å²) < 4.78 is 32.1. The van der Waals surface area contributed by atoms with E-state index in [2.05, 4.69) is 4.98 Å². The van der Waals surface area contributed by atoms with E-state index >= 15 is 0 Å². The molecule has 0 bridgehead atoms. The van der Waals surface area contributed by atoms with Crippen LogP contribution in [0.2, 0.25) is 0 Å². The van der Waals surface area contributed by atoms with Crippen molar-refractivity contribution in [3.8, 4) is 0 Å². The van der Waals surface area contributed by atoms with E-state index in [-0.39, 0.29) is 0 Å². The lowest BCUT2D eigenvalue weighted by Gasteiger charge is -2.35. The number of rotatable bonds is 3. The van der Waals surface area contributed by atoms with Crippen LogP contribution in [0.4, 0.5) is 5.69 Å². The Bertz CT molecular complexity index is 1050. The lowest BCUT2D eigenvalue weighted by atomic mass is 10.2. The maximum absolute atomic E-state index is 12.7. The van der Waals surface area contributed by atoms with Crippen molar-refractivity contribution in [2.24, 2.45) is 0 Å². The first-order valence-electron chi connectivity index (χ1n) is 7.98. The number of hydrogen-bond acceptors (Lipinski definition) is 5. The van der Waals surface area contributed by atoms with E-state index in [1.807, 2.05) is 17.0 Å². The third-order valence-electron chi connectivity index (χ3n) is 4.39. The van der Waals surface area contributed by atoms with E-state index in [0.29, 0.717) is 42.2 Å². The molecule has 7 nitrogen and oxygen atoms in total. The van der Waals surface area contributed by atoms with Gasteiger partial charge in [0.15, 0.2) is 5.58 Å². The van der Waals surface area contributed by atoms with Crippen molar-refractivity contribution >= 4 is 26.8 Å². The van der Waals surface area contributed by atoms with E-state index in [0.717, 1.165) is 5.69 Å². The highest BCUT2D eigenvalue weighted by Gasteiger charge is 2.29. The molecule has 1 aliphatic rings. The molecule has 0 saturated carbocycles. The van der Waals surface area contributed by atoms with Crippen LogP contribution in [0.15, 0.2) is 62.6 Å². The van der Waals surface area contributed by atoms with Gasteiger partial charge in [0.25, 0.3) is 0 Å². The van der Waals surface area contributed by atoms with E-state index in [4.69, 9.17) is 4.42 Å². The summed E-state index contributed by atoms with van der Waals surface area (Å²) in [6.07, 6.45) is 0. The van der Waals surface area contributed by atoms with Gasteiger partial charge in [-0.2, -0.15) is 4.31 Å². The standard InChI is InChI=1S/C17H17N3O4S/c21-17-18-14-7-4-8-15(16(14)24-17)19-9-11-20(12-10-19)25(22,23)13-5-2-1-3-6-13/h1-8H,9-12H2,(H,18,21). The Labute approximate surface area is 144 Å². The molecule has 25 heavy (non-hydrogen) atoms. The number of piperazine rings is 1. The van der Waals surface area contributed by atoms with Gasteiger partial charge in [-0.3, -0.25) is 4.98 Å². The van der Waals surface area contributed by atoms with E-state index in [1.165, 1.54) is 4.31 Å². The summed E-state index contributed by atoms with van der Waals surface area (Å²) in [5.41, 5.74) is 1.95. The molecule has 1 fully saturated rings. The van der Waals surface area contributed by atoms with Gasteiger partial charge in [0.1, 0.15) is 0 Å². The van der Waals surface area contributed by atoms with Gasteiger partial charge in [0.2, 0.25) is 10.0 Å². The van der Waals surface area contributed by atoms with Gasteiger partial charge in [-0.1, -0.05) is 24.3 Å². The molecule has 1 saturated heterocycles. The summed E-state index contributed by atoms with van der Waals surface area (Å²) in [6.45, 7) is 1.81. The van der Waals surface area contributed by atoms with Crippen molar-refractivity contribution in [2.45, 2.75) is 4.90 Å². The minimum atomic E-state index is -3.48. The van der Waals surface area contributed by atoms with E-state index in [9.17, 15) is 13.2 Å². The normalized spacial score (nSPS) is 16.4. The highest BCUT2D eigenvalue weighted by atomic mass is 32.2. The molecule has 0 radical (unpaired) electrons. The van der Waals surface area contributed by atoms with Gasteiger partial charge in [-0.15, -0.1) is 0 Å². The average Bonchev–Trinajstić information content (AvgIpc) is 3.02. The number of oxazole rings is 1. The summed E-state index contributed by atoms with van der Waals surface area (Å²) >= 11 is 0. The zero-order valence-electron chi connectivity index (χ0n) is 13.4. The quantitative estimate of drug-likeness (QED) is 0.768. The Kier molecular flexibility index (Phi) is 3.85. The molecule has 1 N–H and O–H groups in total. The molecule has 8 heteroatoms. The molecule has 130 valence electrons. The Balaban J connectivity index is 1.56. The Hall–Kier alpha value is -2.58. The minimum absolute atomic E-state index is 0.308. The molecule has 0 unspecified atom stereocenters. The van der Waals surface area contributed by atoms with Crippen molar-refractivity contribution in [1.29, 1.82) is 0 Å². The number of para-hydroxylation sites is 1. The first kappa shape index (κ1) is 15.9. The Morgan fingerprint density at radius 3 is 2.36 bits per heavy atom. The third-order valence-corrected chi connectivity index (χ3v) is 6.30. The zero-order valence-corrected chi connectivity index (χ0v) is 14.2. The Morgan fingerprint density at radius 1 is 0.920 bits per heavy atom. The smallest absolute Gasteiger partial charge is 0.406 e. The monoisotopic (exact) mass is 359 g/mol. The second kappa shape index (κ2) is 6.05. The van der Waals surface area contributed by atoms with Gasteiger partial charge in [-0.05, 0) is 24.3 Å². The number of benzene rings is 2. The molecule has 1 aromatic heterocycles. The minimum Gasteiger partial charge on any atom is -0.406 e. The van der Waals surface area contributed by atoms with Crippen LogP contribution < -0.4 is 10.7 Å². The first-order chi connectivity index (χ1) is 12.1. The topological polar surface area (TPSA) is 86.6 Å². The van der Waals surface area contributed by atoms with Crippen LogP contribution in [0.5, 0.6) is 0 Å². The molecular weight excluding hydrogens is 342 g/mol. The SMILES string of the molecule is O=c1[nH]c2cccc(N3CCN(S(=O)(=O)c4ccccc4)CC3)c2o1. The summed E-state index contributed by atoms with van der Waals surface area (Å²) in [5.74, 6) is -0.493. The van der Waals surface area contributed by atoms with E-state index in [1.54, 1.807) is 36.4 Å². The highest BCUT2D eigenvalue weighted by Crippen LogP contribution is 2.27. The van der Waals surface area contributed by atoms with Gasteiger partial charge < -0.3 is 9.32 Å². The molecule has 4 rings (SSSR count). The number of H-pyrrole nitrogens is 1. The molecule has 0 amide bonds. The fourth-order valence-corrected chi connectivity index (χ4v) is 4.56. The lowest BCUT2D eigenvalue weighted by molar-refractivity contribution is 0.384. The molecule has 0 aliphatic carbocycles. The fraction of sp³-hybridized carbons (Fsp3) is 0.235. The second-order valence-electron chi connectivity index (χ2n) is 5.87. The summed E-state index contributed by atoms with van der Waals surface area (Å²) in [4.78, 5) is 16.4. The van der Waals surface area contributed by atoms with Gasteiger partial charge in [0.05, 0.1) is 16.1 Å². The van der Waals surface area contributed by atoms with Crippen molar-refractivity contribution in [3.63, 3.8) is 0 Å². The number of nitrogens with one attached hydrogen (secondary N) is 1. The molecule has 0 atom stereocenters. The third kappa shape index (κ3) is 2.83. The van der Waals surface area contributed by atoms with Gasteiger partial charge >= 0.3 is 5.76 Å². The number of aromatic nitrogens is 1. The number of fused-ring (bicyclic) bond motifs is 1. The van der Waals surface area contributed by atoms with Crippen LogP contribution in [0.3, 0.4) is 0 Å². The molecular formula is C17H17N3O4S. The number of sulfonamides is 1. The van der Waals surface area contributed by atoms with Crippen LogP contribution in [0.1, 0.15) is 0 Å². The zero-order chi connectivity index (χ0) is 17.4. The fourth-order valence-electron chi connectivity index (χ4n) is 3.12. The molecule has 0 spiro atoms. The second-order valence-corrected chi connectivity index (χ2v) is 7.81. The number of hydrogen-bond donors (Lipinski definition) is 1. The molecule has 2 heterocycles. The molecule has 1 aliphatic heterocycles. The van der Waals surface area contributed by atoms with Crippen LogP contribution in [-0.2, 0) is 10.0 Å². The van der Waals surface area contributed by atoms with Crippen LogP contribution in [-0.4, -0.2) is 43.9 Å². The van der Waals surface area contributed by atoms with Crippen LogP contribution in [0.25, 0.3) is 11.1 Å². The van der Waals surface area contributed by atoms with Crippen molar-refractivity contribution in [2.75, 3.05) is 31.1 Å². The summed E-state index contributed by atoms with van der Waals surface area (Å²) in [7, 11) is -3.48. The summed E-state index contributed by atoms with van der Waals surface area (Å²) in [6, 6.07) is 13.9. The van der Waals surface area contributed by atoms with Crippen molar-refractivity contribution < 1.29 is 12.8 Å². The van der Waals surface area contributed by atoms with Crippen molar-refractivity contribution in [3.05, 3.63) is 59.1 Å². The first-order valence-corrected chi connectivity index (χ1v) is 9.42. The van der Waals surface area contributed by atoms with Gasteiger partial charge in [0, 0.05) is 26.2 Å². The maximum atomic E-state index is 12.7. The summed E-state index contributed by atoms with van der Waals surface area (Å²) in [5, 5.41) is 0. The van der Waals surface area contributed by atoms with Crippen LogP contribution >= 0.6 is 0 Å². The predicted octanol–water partition coefficient (Wildman–Crippen LogP) is 1.63. The number of anilines is 1. The predicted molar refractivity (Wildman–Crippen MR) is 94.2 cm³/mol. The van der Waals surface area contributed by atoms with Crippen molar-refractivity contribution in [1.82, 2.24) is 9.29 Å². The maximum Gasteiger partial charge on any atom is 0.417 e. The van der Waals surface area contributed by atoms with E-state index < -0.39 is 15.8 Å². The number of nitrogens with zero attached hydrogens (tertiary/aromatic N) is 2. The number of aromatic amines is 1. The molecule has 2 aromatic carbocycles. The largest absolute Gasteiger partial charge is 0.417 e. The lowest BCUT2D eigenvalue weighted by Crippen LogP contribution is -2.48. The Morgan fingerprint density at radius 2 is 1.64 bits per heavy atom.